The predicted molar refractivity (Wildman–Crippen MR) is 370 cm³/mol. The molecule has 3 saturated heterocycles. The minimum Gasteiger partial charge on any atom is -0.381 e. The molecule has 5 aliphatic heterocycles. The molecule has 8 heterocycles. The number of nitrogens with one attached hydrogen (secondary N) is 4. The van der Waals surface area contributed by atoms with Gasteiger partial charge in [-0.1, -0.05) is 152 Å². The Morgan fingerprint density at radius 2 is 1.54 bits per heavy atom. The van der Waals surface area contributed by atoms with Gasteiger partial charge in [-0.3, -0.25) is 24.0 Å². The van der Waals surface area contributed by atoms with Crippen molar-refractivity contribution in [1.29, 1.82) is 0 Å². The predicted octanol–water partition coefficient (Wildman–Crippen LogP) is 14.5. The maximum absolute atomic E-state index is 14.4. The normalized spacial score (nSPS) is 19.7. The van der Waals surface area contributed by atoms with Crippen molar-refractivity contribution in [2.75, 3.05) is 44.7 Å². The number of benzene rings is 3. The average molecular weight is 1280 g/mol. The summed E-state index contributed by atoms with van der Waals surface area (Å²) in [4.78, 5) is 61.7. The summed E-state index contributed by atoms with van der Waals surface area (Å²) >= 11 is 13.6. The first kappa shape index (κ1) is 69.8. The van der Waals surface area contributed by atoms with Crippen LogP contribution in [0.25, 0.3) is 39.1 Å². The number of fused-ring (bicyclic) bond motifs is 1. The monoisotopic (exact) mass is 1280 g/mol. The number of pyridine rings is 1. The summed E-state index contributed by atoms with van der Waals surface area (Å²) in [7, 11) is 0. The van der Waals surface area contributed by atoms with Crippen LogP contribution in [0.2, 0.25) is 10.0 Å². The van der Waals surface area contributed by atoms with Gasteiger partial charge in [0.15, 0.2) is 12.1 Å². The number of carbonyl (C=O) groups excluding carboxylic acids is 1. The third-order valence-electron chi connectivity index (χ3n) is 16.6. The lowest BCUT2D eigenvalue weighted by Crippen LogP contribution is -2.42. The van der Waals surface area contributed by atoms with Crippen LogP contribution in [-0.2, 0) is 27.3 Å². The van der Waals surface area contributed by atoms with Crippen LogP contribution in [0.15, 0.2) is 122 Å². The minimum absolute atomic E-state index is 0.000945. The Morgan fingerprint density at radius 1 is 0.835 bits per heavy atom. The zero-order valence-corrected chi connectivity index (χ0v) is 57.0. The number of amidine groups is 2. The number of aryl methyl sites for hydroxylation is 2. The largest absolute Gasteiger partial charge is 0.381 e. The van der Waals surface area contributed by atoms with Crippen LogP contribution in [0, 0.1) is 12.8 Å². The second kappa shape index (κ2) is 34.0. The summed E-state index contributed by atoms with van der Waals surface area (Å²) in [5.74, 6) is 4.27. The quantitative estimate of drug-likeness (QED) is 0.0713. The molecule has 0 spiro atoms. The SMILES string of the molecule is C/C=C1/C=C(c2ccc(C3=NC(C)ON3)cc2Cl)C(=O)N(Cc2cccc(CC)c2)/C1=N/C(=C/CC)NC1CC1.CC.CC.CCC(C)C.Cc1nc(-c2ccc(-c3cc4cnc(NC5CCOCC5)nc4n(C4CCN(C5CCNCC5)C4)c3=O)c(Cl)c2)no1. The van der Waals surface area contributed by atoms with Crippen molar-refractivity contribution in [2.24, 2.45) is 15.9 Å². The summed E-state index contributed by atoms with van der Waals surface area (Å²) in [6.45, 7) is 30.1. The molecule has 18 nitrogen and oxygen atoms in total. The Morgan fingerprint density at radius 3 is 2.18 bits per heavy atom. The Hall–Kier alpha value is -7.06. The fraction of sp³-hybridized carbons (Fsp3) is 0.493. The molecule has 4 fully saturated rings. The number of allylic oxidation sites excluding steroid dienone is 2. The van der Waals surface area contributed by atoms with Crippen LogP contribution in [0.4, 0.5) is 5.95 Å². The molecule has 20 heteroatoms. The van der Waals surface area contributed by atoms with Crippen molar-refractivity contribution < 1.29 is 18.9 Å². The van der Waals surface area contributed by atoms with Gasteiger partial charge in [-0.15, -0.1) is 0 Å². The van der Waals surface area contributed by atoms with E-state index in [4.69, 9.17) is 47.3 Å². The van der Waals surface area contributed by atoms with Crippen LogP contribution in [-0.4, -0.2) is 116 Å². The van der Waals surface area contributed by atoms with Crippen LogP contribution >= 0.6 is 23.2 Å². The van der Waals surface area contributed by atoms with E-state index in [-0.39, 0.29) is 29.8 Å². The van der Waals surface area contributed by atoms with Gasteiger partial charge in [-0.05, 0) is 132 Å². The van der Waals surface area contributed by atoms with Gasteiger partial charge in [0, 0.05) is 112 Å². The van der Waals surface area contributed by atoms with Gasteiger partial charge in [-0.2, -0.15) is 9.97 Å². The molecule has 2 atom stereocenters. The zero-order chi connectivity index (χ0) is 65.1. The molecule has 3 aromatic carbocycles. The van der Waals surface area contributed by atoms with Gasteiger partial charge in [0.05, 0.1) is 12.6 Å². The number of carbonyl (C=O) groups is 1. The van der Waals surface area contributed by atoms with Crippen LogP contribution in [0.3, 0.4) is 0 Å². The van der Waals surface area contributed by atoms with Gasteiger partial charge in [0.25, 0.3) is 11.5 Å². The molecule has 6 aliphatic rings. The number of aliphatic imine (C=N–C) groups is 2. The van der Waals surface area contributed by atoms with Gasteiger partial charge in [-0.25, -0.2) is 25.3 Å². The summed E-state index contributed by atoms with van der Waals surface area (Å²) < 4.78 is 12.5. The highest BCUT2D eigenvalue weighted by Crippen LogP contribution is 2.36. The Balaban J connectivity index is 0.000000208. The molecule has 1 saturated carbocycles. The van der Waals surface area contributed by atoms with E-state index in [0.717, 1.165) is 137 Å². The number of hydroxylamine groups is 1. The molecule has 1 aliphatic carbocycles. The number of hydrogen-bond acceptors (Lipinski definition) is 16. The molecule has 1 amide bonds. The summed E-state index contributed by atoms with van der Waals surface area (Å²) in [5, 5.41) is 16.2. The molecule has 488 valence electrons. The molecule has 4 N–H and O–H groups in total. The van der Waals surface area contributed by atoms with Crippen molar-refractivity contribution in [3.8, 4) is 22.5 Å². The van der Waals surface area contributed by atoms with E-state index < -0.39 is 0 Å². The van der Waals surface area contributed by atoms with E-state index >= 15 is 0 Å². The van der Waals surface area contributed by atoms with Gasteiger partial charge >= 0.3 is 0 Å². The lowest BCUT2D eigenvalue weighted by atomic mass is 9.95. The molecule has 12 rings (SSSR count). The summed E-state index contributed by atoms with van der Waals surface area (Å²) in [6.07, 6.45) is 17.8. The summed E-state index contributed by atoms with van der Waals surface area (Å²) in [6, 6.07) is 22.6. The smallest absolute Gasteiger partial charge is 0.260 e. The number of anilines is 1. The van der Waals surface area contributed by atoms with Gasteiger partial charge in [0.1, 0.15) is 17.3 Å². The molecular formula is C71H95Cl2N13O5. The van der Waals surface area contributed by atoms with Crippen molar-refractivity contribution >= 4 is 63.3 Å². The highest BCUT2D eigenvalue weighted by Gasteiger charge is 2.35. The van der Waals surface area contributed by atoms with E-state index in [1.54, 1.807) is 17.9 Å². The lowest BCUT2D eigenvalue weighted by Gasteiger charge is -2.31. The van der Waals surface area contributed by atoms with E-state index in [9.17, 15) is 9.59 Å². The van der Waals surface area contributed by atoms with Crippen molar-refractivity contribution in [3.63, 3.8) is 0 Å². The third-order valence-corrected chi connectivity index (χ3v) is 17.3. The fourth-order valence-corrected chi connectivity index (χ4v) is 11.8. The second-order valence-corrected chi connectivity index (χ2v) is 24.3. The third kappa shape index (κ3) is 18.2. The van der Waals surface area contributed by atoms with Crippen molar-refractivity contribution in [2.45, 2.75) is 184 Å². The molecule has 0 bridgehead atoms. The number of rotatable bonds is 16. The van der Waals surface area contributed by atoms with E-state index in [0.29, 0.717) is 85.9 Å². The van der Waals surface area contributed by atoms with Crippen LogP contribution < -0.4 is 27.0 Å². The molecule has 91 heavy (non-hydrogen) atoms. The molecular weight excluding hydrogens is 1190 g/mol. The van der Waals surface area contributed by atoms with Gasteiger partial charge < -0.3 is 25.2 Å². The van der Waals surface area contributed by atoms with Crippen molar-refractivity contribution in [1.82, 2.24) is 50.6 Å². The molecule has 2 unspecified atom stereocenters. The number of nitrogens with zero attached hydrogens (tertiary/aromatic N) is 9. The Labute approximate surface area is 548 Å². The Kier molecular flexibility index (Phi) is 26.1. The van der Waals surface area contributed by atoms with E-state index in [1.807, 2.05) is 107 Å². The second-order valence-electron chi connectivity index (χ2n) is 23.5. The molecule has 0 radical (unpaired) electrons. The maximum atomic E-state index is 14.4. The first-order valence-electron chi connectivity index (χ1n) is 33.2. The topological polar surface area (TPSA) is 202 Å². The van der Waals surface area contributed by atoms with E-state index in [2.05, 4.69) is 105 Å². The number of piperidine rings is 1. The molecule has 6 aromatic rings. The number of ether oxygens (including phenoxy) is 1. The number of likely N-dealkylation sites (tertiary alicyclic amines) is 1. The highest BCUT2D eigenvalue weighted by molar-refractivity contribution is 6.38. The van der Waals surface area contributed by atoms with Crippen LogP contribution in [0.1, 0.15) is 168 Å². The van der Waals surface area contributed by atoms with Gasteiger partial charge in [0.2, 0.25) is 17.7 Å². The number of hydrogen-bond donors (Lipinski definition) is 4. The lowest BCUT2D eigenvalue weighted by molar-refractivity contribution is -0.122. The maximum Gasteiger partial charge on any atom is 0.260 e. The van der Waals surface area contributed by atoms with Crippen LogP contribution in [0.5, 0.6) is 0 Å². The van der Waals surface area contributed by atoms with Crippen molar-refractivity contribution in [3.05, 3.63) is 151 Å². The Bertz CT molecular complexity index is 3630. The number of amides is 1. The molecule has 3 aromatic heterocycles. The number of aromatic nitrogens is 5. The number of halogens is 2. The first-order chi connectivity index (χ1) is 44.2. The fourth-order valence-electron chi connectivity index (χ4n) is 11.3. The first-order valence-corrected chi connectivity index (χ1v) is 33.9. The standard InChI is InChI=1S/C32H36ClN5O2.C30H35ClN8O3.C5H12.2C2H6/c1-5-9-29(35-25-13-14-25)36-31-23(7-3)17-27(32(39)38(31)19-22-11-8-10-21(6-2)16-22)26-15-12-24(18-28(26)33)30-34-20(4)40-37-30;1-18-34-27(37-42-18)19-2-3-24(26(31)15-19)25-14-20-16-33-30(35-21-7-12-41-13-8-21)36-28(20)39(29(25)40)23-6-11-38(17-23)22-4-9-32-10-5-22;1-4-5(2)3;2*1-2/h7-12,15-18,20,25,35H,5-6,13-14,19H2,1-4H3,(H,34,37);2-3,14-16,21-23,32H,4-13,17H2,1H3,(H,33,35,36);5H,4H2,1-3H3;2*1-2H3/b23-7-,29-9+,36-31+;;;;. The average Bonchev–Trinajstić information content (AvgIpc) is 1.55. The minimum atomic E-state index is -0.271. The van der Waals surface area contributed by atoms with E-state index in [1.165, 1.54) is 12.0 Å². The summed E-state index contributed by atoms with van der Waals surface area (Å²) in [5.41, 5.74) is 10.4. The highest BCUT2D eigenvalue weighted by atomic mass is 35.5. The zero-order valence-electron chi connectivity index (χ0n) is 55.5.